The van der Waals surface area contributed by atoms with Gasteiger partial charge in [-0.3, -0.25) is 0 Å². The molecule has 7 heteroatoms. The third-order valence-electron chi connectivity index (χ3n) is 9.54. The van der Waals surface area contributed by atoms with Crippen LogP contribution in [0.3, 0.4) is 0 Å². The lowest BCUT2D eigenvalue weighted by molar-refractivity contribution is -0.390. The Morgan fingerprint density at radius 1 is 0.971 bits per heavy atom. The van der Waals surface area contributed by atoms with Crippen molar-refractivity contribution in [2.75, 3.05) is 26.2 Å². The molecule has 0 radical (unpaired) electrons. The van der Waals surface area contributed by atoms with Gasteiger partial charge in [-0.05, 0) is 80.4 Å². The third kappa shape index (κ3) is 3.58. The minimum atomic E-state index is -0.619. The van der Waals surface area contributed by atoms with E-state index in [2.05, 4.69) is 17.4 Å². The minimum absolute atomic E-state index is 0.267. The second kappa shape index (κ2) is 8.19. The molecule has 4 bridgehead atoms. The summed E-state index contributed by atoms with van der Waals surface area (Å²) in [5, 5.41) is 3.25. The standard InChI is InChI=1S/C27H36N2O5/c30-25(29-10-8-28-9-11-29)31-24-5-3-20(4-6-24)21-2-1-7-26(17-21)32-27(34-33-26)22-13-18-12-19(15-22)16-23(27)14-18/h3-6,18-19,21-23,28H,1-2,7-17H2. The second-order valence-electron chi connectivity index (χ2n) is 11.7. The van der Waals surface area contributed by atoms with E-state index in [-0.39, 0.29) is 6.09 Å². The number of carbonyl (C=O) groups is 1. The summed E-state index contributed by atoms with van der Waals surface area (Å²) in [6.45, 7) is 3.01. The number of rotatable bonds is 2. The molecule has 2 unspecified atom stereocenters. The van der Waals surface area contributed by atoms with E-state index in [0.29, 0.717) is 36.6 Å². The Morgan fingerprint density at radius 3 is 2.38 bits per heavy atom. The molecule has 5 aliphatic carbocycles. The van der Waals surface area contributed by atoms with Crippen molar-refractivity contribution in [3.05, 3.63) is 29.8 Å². The molecule has 2 saturated heterocycles. The monoisotopic (exact) mass is 468 g/mol. The van der Waals surface area contributed by atoms with Crippen LogP contribution in [-0.2, 0) is 14.5 Å². The van der Waals surface area contributed by atoms with Crippen LogP contribution in [0.2, 0.25) is 0 Å². The van der Waals surface area contributed by atoms with Gasteiger partial charge in [0, 0.05) is 50.9 Å². The van der Waals surface area contributed by atoms with Crippen LogP contribution in [0.25, 0.3) is 0 Å². The van der Waals surface area contributed by atoms with Crippen molar-refractivity contribution in [2.24, 2.45) is 23.7 Å². The lowest BCUT2D eigenvalue weighted by Gasteiger charge is -2.57. The largest absolute Gasteiger partial charge is 0.415 e. The summed E-state index contributed by atoms with van der Waals surface area (Å²) in [4.78, 5) is 26.5. The third-order valence-corrected chi connectivity index (χ3v) is 9.54. The Kier molecular flexibility index (Phi) is 5.20. The van der Waals surface area contributed by atoms with Crippen LogP contribution >= 0.6 is 0 Å². The molecular formula is C27H36N2O5. The van der Waals surface area contributed by atoms with E-state index in [1.807, 2.05) is 12.1 Å². The number of ether oxygens (including phenoxy) is 2. The van der Waals surface area contributed by atoms with Crippen molar-refractivity contribution in [1.29, 1.82) is 0 Å². The zero-order valence-corrected chi connectivity index (χ0v) is 19.9. The van der Waals surface area contributed by atoms with Crippen LogP contribution in [0.5, 0.6) is 5.75 Å². The van der Waals surface area contributed by atoms with Gasteiger partial charge in [0.05, 0.1) is 0 Å². The molecule has 2 aliphatic heterocycles. The second-order valence-corrected chi connectivity index (χ2v) is 11.7. The first kappa shape index (κ1) is 21.6. The zero-order chi connectivity index (χ0) is 22.8. The van der Waals surface area contributed by atoms with Crippen LogP contribution in [0.15, 0.2) is 24.3 Å². The maximum absolute atomic E-state index is 12.4. The molecule has 2 spiro atoms. The maximum atomic E-state index is 12.4. The normalized spacial score (nSPS) is 43.1. The lowest BCUT2D eigenvalue weighted by atomic mass is 9.53. The molecule has 1 aromatic carbocycles. The molecule has 2 atom stereocenters. The average molecular weight is 469 g/mol. The molecule has 34 heavy (non-hydrogen) atoms. The quantitative estimate of drug-likeness (QED) is 0.641. The van der Waals surface area contributed by atoms with Crippen molar-refractivity contribution < 1.29 is 24.0 Å². The van der Waals surface area contributed by atoms with Gasteiger partial charge in [-0.2, -0.15) is 9.78 Å². The van der Waals surface area contributed by atoms with Crippen molar-refractivity contribution in [3.8, 4) is 5.75 Å². The van der Waals surface area contributed by atoms with E-state index < -0.39 is 11.6 Å². The first-order valence-corrected chi connectivity index (χ1v) is 13.5. The summed E-state index contributed by atoms with van der Waals surface area (Å²) in [5.41, 5.74) is 1.25. The predicted molar refractivity (Wildman–Crippen MR) is 124 cm³/mol. The Hall–Kier alpha value is -1.67. The molecule has 2 heterocycles. The fourth-order valence-corrected chi connectivity index (χ4v) is 8.08. The molecule has 5 saturated carbocycles. The molecule has 184 valence electrons. The maximum Gasteiger partial charge on any atom is 0.415 e. The highest BCUT2D eigenvalue weighted by Gasteiger charge is 2.67. The van der Waals surface area contributed by atoms with E-state index in [4.69, 9.17) is 19.2 Å². The summed E-state index contributed by atoms with van der Waals surface area (Å²) in [7, 11) is 0. The highest BCUT2D eigenvalue weighted by molar-refractivity contribution is 5.70. The molecule has 7 aliphatic rings. The van der Waals surface area contributed by atoms with Crippen molar-refractivity contribution in [2.45, 2.75) is 75.3 Å². The Bertz CT molecular complexity index is 901. The Labute approximate surface area is 201 Å². The fourth-order valence-electron chi connectivity index (χ4n) is 8.08. The van der Waals surface area contributed by atoms with Crippen LogP contribution in [0.1, 0.15) is 69.3 Å². The Balaban J connectivity index is 1.02. The van der Waals surface area contributed by atoms with E-state index in [9.17, 15) is 4.79 Å². The summed E-state index contributed by atoms with van der Waals surface area (Å²) in [5.74, 6) is 2.55. The highest BCUT2D eigenvalue weighted by atomic mass is 17.3. The number of nitrogens with one attached hydrogen (secondary N) is 1. The summed E-state index contributed by atoms with van der Waals surface area (Å²) in [6, 6.07) is 8.03. The molecule has 0 aromatic heterocycles. The smallest absolute Gasteiger partial charge is 0.410 e. The molecule has 7 nitrogen and oxygen atoms in total. The van der Waals surface area contributed by atoms with Gasteiger partial charge in [0.1, 0.15) is 5.75 Å². The summed E-state index contributed by atoms with van der Waals surface area (Å²) >= 11 is 0. The van der Waals surface area contributed by atoms with Gasteiger partial charge in [-0.25, -0.2) is 4.79 Å². The molecule has 7 fully saturated rings. The van der Waals surface area contributed by atoms with E-state index in [1.165, 1.54) is 37.7 Å². The first-order valence-electron chi connectivity index (χ1n) is 13.5. The van der Waals surface area contributed by atoms with Crippen molar-refractivity contribution >= 4 is 6.09 Å². The summed E-state index contributed by atoms with van der Waals surface area (Å²) < 4.78 is 12.5. The number of piperazine rings is 1. The first-order chi connectivity index (χ1) is 16.6. The van der Waals surface area contributed by atoms with Crippen molar-refractivity contribution in [1.82, 2.24) is 10.2 Å². The van der Waals surface area contributed by atoms with E-state index in [1.54, 1.807) is 4.90 Å². The van der Waals surface area contributed by atoms with E-state index >= 15 is 0 Å². The molecule has 1 aromatic rings. The zero-order valence-electron chi connectivity index (χ0n) is 19.9. The predicted octanol–water partition coefficient (Wildman–Crippen LogP) is 4.58. The number of amides is 1. The van der Waals surface area contributed by atoms with Gasteiger partial charge in [0.2, 0.25) is 11.6 Å². The van der Waals surface area contributed by atoms with E-state index in [0.717, 1.165) is 50.6 Å². The van der Waals surface area contributed by atoms with Crippen LogP contribution in [0.4, 0.5) is 4.79 Å². The SMILES string of the molecule is O=C(Oc1ccc(C2CCCC3(C2)OOC2(O3)C3CC4CC(C3)CC2C4)cc1)N1CCNCC1. The fraction of sp³-hybridized carbons (Fsp3) is 0.741. The molecule has 1 amide bonds. The number of hydrogen-bond donors (Lipinski definition) is 1. The minimum Gasteiger partial charge on any atom is -0.410 e. The average Bonchev–Trinajstić information content (AvgIpc) is 3.22. The van der Waals surface area contributed by atoms with Gasteiger partial charge < -0.3 is 19.7 Å². The highest BCUT2D eigenvalue weighted by Crippen LogP contribution is 2.64. The van der Waals surface area contributed by atoms with Crippen LogP contribution in [-0.4, -0.2) is 48.7 Å². The van der Waals surface area contributed by atoms with Gasteiger partial charge in [-0.15, -0.1) is 0 Å². The van der Waals surface area contributed by atoms with Crippen LogP contribution < -0.4 is 10.1 Å². The molecule has 8 rings (SSSR count). The topological polar surface area (TPSA) is 69.3 Å². The lowest BCUT2D eigenvalue weighted by Crippen LogP contribution is -2.59. The number of carbonyl (C=O) groups excluding carboxylic acids is 1. The number of nitrogens with zero attached hydrogens (tertiary/aromatic N) is 1. The van der Waals surface area contributed by atoms with Crippen molar-refractivity contribution in [3.63, 3.8) is 0 Å². The number of benzene rings is 1. The summed E-state index contributed by atoms with van der Waals surface area (Å²) in [6.07, 6.45) is 10.00. The Morgan fingerprint density at radius 2 is 1.68 bits per heavy atom. The molecular weight excluding hydrogens is 432 g/mol. The molecule has 1 N–H and O–H groups in total. The van der Waals surface area contributed by atoms with Gasteiger partial charge >= 0.3 is 6.09 Å². The number of hydrogen-bond acceptors (Lipinski definition) is 6. The van der Waals surface area contributed by atoms with Gasteiger partial charge in [-0.1, -0.05) is 12.1 Å². The van der Waals surface area contributed by atoms with Crippen LogP contribution in [0, 0.1) is 23.7 Å². The van der Waals surface area contributed by atoms with Gasteiger partial charge in [0.25, 0.3) is 0 Å². The van der Waals surface area contributed by atoms with Gasteiger partial charge in [0.15, 0.2) is 0 Å².